The van der Waals surface area contributed by atoms with Crippen LogP contribution in [0.4, 0.5) is 9.59 Å². The first-order valence-electron chi connectivity index (χ1n) is 5.93. The SMILES string of the molecule is CSC(C)(C)[C@@H](C(=O)O)N(C(N)=O)C(=O)OC(C)(C)C. The molecule has 0 aromatic heterocycles. The second-order valence-corrected chi connectivity index (χ2v) is 7.20. The van der Waals surface area contributed by atoms with Crippen LogP contribution in [0.15, 0.2) is 0 Å². The Bertz CT molecular complexity index is 403. The second-order valence-electron chi connectivity index (χ2n) is 5.74. The largest absolute Gasteiger partial charge is 0.480 e. The highest BCUT2D eigenvalue weighted by atomic mass is 32.2. The number of carbonyl (C=O) groups excluding carboxylic acids is 2. The van der Waals surface area contributed by atoms with E-state index >= 15 is 0 Å². The third kappa shape index (κ3) is 4.92. The lowest BCUT2D eigenvalue weighted by molar-refractivity contribution is -0.143. The first-order valence-corrected chi connectivity index (χ1v) is 7.15. The lowest BCUT2D eigenvalue weighted by Crippen LogP contribution is -2.59. The topological polar surface area (TPSA) is 110 Å². The molecule has 3 amide bonds. The highest BCUT2D eigenvalue weighted by Gasteiger charge is 2.45. The third-order valence-electron chi connectivity index (χ3n) is 2.50. The fourth-order valence-corrected chi connectivity index (χ4v) is 1.89. The van der Waals surface area contributed by atoms with Crippen molar-refractivity contribution in [2.24, 2.45) is 5.73 Å². The fourth-order valence-electron chi connectivity index (χ4n) is 1.46. The van der Waals surface area contributed by atoms with Crippen LogP contribution in [0.3, 0.4) is 0 Å². The van der Waals surface area contributed by atoms with E-state index < -0.39 is 34.5 Å². The molecule has 0 saturated carbocycles. The molecule has 0 spiro atoms. The lowest BCUT2D eigenvalue weighted by atomic mass is 10.0. The summed E-state index contributed by atoms with van der Waals surface area (Å²) in [6.07, 6.45) is 0.615. The molecule has 0 aliphatic carbocycles. The molecule has 0 rings (SSSR count). The third-order valence-corrected chi connectivity index (χ3v) is 3.78. The number of rotatable bonds is 4. The minimum absolute atomic E-state index is 0.448. The van der Waals surface area contributed by atoms with E-state index in [-0.39, 0.29) is 0 Å². The Morgan fingerprint density at radius 3 is 1.90 bits per heavy atom. The predicted octanol–water partition coefficient (Wildman–Crippen LogP) is 1.90. The van der Waals surface area contributed by atoms with Gasteiger partial charge in [0, 0.05) is 4.75 Å². The Kier molecular flexibility index (Phi) is 5.88. The standard InChI is InChI=1S/C12H22N2O5S/c1-11(2,3)19-10(18)14(9(13)17)7(8(15)16)12(4,5)20-6/h7H,1-6H3,(H2,13,17)(H,15,16)/t7-/m1/s1. The smallest absolute Gasteiger partial charge is 0.419 e. The van der Waals surface area contributed by atoms with Crippen molar-refractivity contribution in [3.8, 4) is 0 Å². The molecule has 0 radical (unpaired) electrons. The quantitative estimate of drug-likeness (QED) is 0.820. The van der Waals surface area contributed by atoms with Gasteiger partial charge >= 0.3 is 18.1 Å². The molecule has 0 aromatic rings. The van der Waals surface area contributed by atoms with E-state index in [0.717, 1.165) is 0 Å². The van der Waals surface area contributed by atoms with E-state index in [1.54, 1.807) is 40.9 Å². The number of carboxylic acids is 1. The Labute approximate surface area is 122 Å². The molecular formula is C12H22N2O5S. The van der Waals surface area contributed by atoms with Gasteiger partial charge in [-0.1, -0.05) is 0 Å². The molecule has 0 heterocycles. The molecule has 0 aliphatic rings. The van der Waals surface area contributed by atoms with Crippen LogP contribution in [-0.2, 0) is 9.53 Å². The van der Waals surface area contributed by atoms with Crippen LogP contribution in [-0.4, -0.2) is 50.7 Å². The van der Waals surface area contributed by atoms with Crippen molar-refractivity contribution in [3.63, 3.8) is 0 Å². The number of thioether (sulfide) groups is 1. The average molecular weight is 306 g/mol. The predicted molar refractivity (Wildman–Crippen MR) is 76.7 cm³/mol. The zero-order valence-corrected chi connectivity index (χ0v) is 13.4. The van der Waals surface area contributed by atoms with Crippen LogP contribution in [0.25, 0.3) is 0 Å². The van der Waals surface area contributed by atoms with Gasteiger partial charge in [-0.25, -0.2) is 19.3 Å². The number of nitrogens with two attached hydrogens (primary N) is 1. The number of amides is 3. The first kappa shape index (κ1) is 18.6. The molecule has 0 fully saturated rings. The molecule has 0 unspecified atom stereocenters. The number of hydrogen-bond acceptors (Lipinski definition) is 5. The van der Waals surface area contributed by atoms with Crippen molar-refractivity contribution in [2.45, 2.75) is 51.0 Å². The van der Waals surface area contributed by atoms with Gasteiger partial charge in [0.1, 0.15) is 5.60 Å². The number of imide groups is 1. The van der Waals surface area contributed by atoms with Gasteiger partial charge in [-0.2, -0.15) is 11.8 Å². The molecule has 0 bridgehead atoms. The van der Waals surface area contributed by atoms with Crippen LogP contribution in [0.5, 0.6) is 0 Å². The number of hydrogen-bond donors (Lipinski definition) is 2. The number of urea groups is 1. The maximum absolute atomic E-state index is 12.0. The number of carbonyl (C=O) groups is 3. The van der Waals surface area contributed by atoms with Gasteiger partial charge < -0.3 is 15.6 Å². The van der Waals surface area contributed by atoms with E-state index in [2.05, 4.69) is 0 Å². The molecule has 7 nitrogen and oxygen atoms in total. The number of primary amides is 1. The molecule has 20 heavy (non-hydrogen) atoms. The maximum Gasteiger partial charge on any atom is 0.419 e. The van der Waals surface area contributed by atoms with Gasteiger partial charge in [0.25, 0.3) is 0 Å². The minimum Gasteiger partial charge on any atom is -0.480 e. The monoisotopic (exact) mass is 306 g/mol. The summed E-state index contributed by atoms with van der Waals surface area (Å²) in [6, 6.07) is -2.58. The van der Waals surface area contributed by atoms with E-state index in [4.69, 9.17) is 10.5 Å². The van der Waals surface area contributed by atoms with Gasteiger partial charge in [-0.05, 0) is 40.9 Å². The molecule has 0 aromatic carbocycles. The summed E-state index contributed by atoms with van der Waals surface area (Å²) in [5, 5.41) is 9.34. The molecule has 3 N–H and O–H groups in total. The van der Waals surface area contributed by atoms with Crippen molar-refractivity contribution in [2.75, 3.05) is 6.26 Å². The van der Waals surface area contributed by atoms with Gasteiger partial charge in [0.2, 0.25) is 0 Å². The Morgan fingerprint density at radius 2 is 1.65 bits per heavy atom. The summed E-state index contributed by atoms with van der Waals surface area (Å²) >= 11 is 1.21. The molecular weight excluding hydrogens is 284 g/mol. The van der Waals surface area contributed by atoms with Crippen molar-refractivity contribution < 1.29 is 24.2 Å². The van der Waals surface area contributed by atoms with Crippen molar-refractivity contribution in [3.05, 3.63) is 0 Å². The van der Waals surface area contributed by atoms with Crippen LogP contribution >= 0.6 is 11.8 Å². The van der Waals surface area contributed by atoms with Gasteiger partial charge in [-0.15, -0.1) is 0 Å². The van der Waals surface area contributed by atoms with Crippen LogP contribution < -0.4 is 5.73 Å². The van der Waals surface area contributed by atoms with E-state index in [0.29, 0.717) is 4.90 Å². The van der Waals surface area contributed by atoms with Gasteiger partial charge in [0.15, 0.2) is 6.04 Å². The molecule has 0 aliphatic heterocycles. The average Bonchev–Trinajstić information content (AvgIpc) is 2.21. The van der Waals surface area contributed by atoms with Gasteiger partial charge in [-0.3, -0.25) is 0 Å². The van der Waals surface area contributed by atoms with Gasteiger partial charge in [0.05, 0.1) is 0 Å². The normalized spacial score (nSPS) is 13.5. The number of carboxylic acid groups (broad SMARTS) is 1. The number of aliphatic carboxylic acids is 1. The number of ether oxygens (including phenoxy) is 1. The zero-order chi connectivity index (χ0) is 16.3. The second kappa shape index (κ2) is 6.34. The summed E-state index contributed by atoms with van der Waals surface area (Å²) in [5.41, 5.74) is 4.30. The van der Waals surface area contributed by atoms with E-state index in [1.807, 2.05) is 0 Å². The fraction of sp³-hybridized carbons (Fsp3) is 0.750. The Hall–Kier alpha value is -1.44. The summed E-state index contributed by atoms with van der Waals surface area (Å²) < 4.78 is 4.13. The minimum atomic E-state index is -1.43. The van der Waals surface area contributed by atoms with Crippen LogP contribution in [0.1, 0.15) is 34.6 Å². The molecule has 1 atom stereocenters. The summed E-state index contributed by atoms with van der Waals surface area (Å²) in [4.78, 5) is 35.4. The molecule has 0 saturated heterocycles. The number of nitrogens with zero attached hydrogens (tertiary/aromatic N) is 1. The summed E-state index contributed by atoms with van der Waals surface area (Å²) in [5.74, 6) is -1.32. The van der Waals surface area contributed by atoms with Crippen molar-refractivity contribution >= 4 is 29.9 Å². The lowest BCUT2D eigenvalue weighted by Gasteiger charge is -2.36. The van der Waals surface area contributed by atoms with Crippen molar-refractivity contribution in [1.29, 1.82) is 0 Å². The maximum atomic E-state index is 12.0. The highest BCUT2D eigenvalue weighted by molar-refractivity contribution is 8.00. The van der Waals surface area contributed by atoms with E-state index in [9.17, 15) is 19.5 Å². The molecule has 8 heteroatoms. The highest BCUT2D eigenvalue weighted by Crippen LogP contribution is 2.30. The Balaban J connectivity index is 5.59. The zero-order valence-electron chi connectivity index (χ0n) is 12.6. The summed E-state index contributed by atoms with van der Waals surface area (Å²) in [6.45, 7) is 8.05. The van der Waals surface area contributed by atoms with Crippen molar-refractivity contribution in [1.82, 2.24) is 4.90 Å². The van der Waals surface area contributed by atoms with Crippen LogP contribution in [0, 0.1) is 0 Å². The first-order chi connectivity index (χ1) is 8.83. The summed E-state index contributed by atoms with van der Waals surface area (Å²) in [7, 11) is 0. The van der Waals surface area contributed by atoms with E-state index in [1.165, 1.54) is 11.8 Å². The molecule has 116 valence electrons. The Morgan fingerprint density at radius 1 is 1.20 bits per heavy atom. The van der Waals surface area contributed by atoms with Crippen LogP contribution in [0.2, 0.25) is 0 Å².